The van der Waals surface area contributed by atoms with E-state index in [-0.39, 0.29) is 23.4 Å². The molecule has 1 aromatic rings. The lowest BCUT2D eigenvalue weighted by molar-refractivity contribution is 0.0550. The van der Waals surface area contributed by atoms with E-state index in [9.17, 15) is 4.79 Å². The molecule has 1 aromatic carbocycles. The monoisotopic (exact) mass is 313 g/mol. The molecule has 0 amide bonds. The number of thiocarbonyl (C=S) groups is 1. The first kappa shape index (κ1) is 16.5. The Balaban J connectivity index is 2.82. The second-order valence-corrected chi connectivity index (χ2v) is 4.94. The van der Waals surface area contributed by atoms with E-state index < -0.39 is 5.97 Å². The summed E-state index contributed by atoms with van der Waals surface area (Å²) in [6.45, 7) is 7.34. The van der Waals surface area contributed by atoms with Crippen molar-refractivity contribution in [2.75, 3.05) is 11.9 Å². The van der Waals surface area contributed by atoms with Crippen molar-refractivity contribution in [1.82, 2.24) is 0 Å². The zero-order valence-corrected chi connectivity index (χ0v) is 12.9. The Labute approximate surface area is 128 Å². The van der Waals surface area contributed by atoms with Crippen LogP contribution in [0.4, 0.5) is 5.69 Å². The third kappa shape index (κ3) is 5.19. The maximum absolute atomic E-state index is 11.8. The van der Waals surface area contributed by atoms with Gasteiger partial charge in [-0.05, 0) is 44.3 Å². The fourth-order valence-electron chi connectivity index (χ4n) is 1.33. The van der Waals surface area contributed by atoms with E-state index in [0.29, 0.717) is 10.7 Å². The van der Waals surface area contributed by atoms with Gasteiger partial charge in [0.05, 0.1) is 16.7 Å². The van der Waals surface area contributed by atoms with E-state index >= 15 is 0 Å². The van der Waals surface area contributed by atoms with Crippen LogP contribution in [-0.2, 0) is 9.47 Å². The molecule has 1 rings (SSSR count). The first-order valence-electron chi connectivity index (χ1n) is 5.99. The second-order valence-electron chi connectivity index (χ2n) is 4.16. The van der Waals surface area contributed by atoms with Gasteiger partial charge in [0.15, 0.2) is 0 Å². The molecule has 6 heteroatoms. The molecule has 0 aliphatic heterocycles. The molecule has 0 bridgehead atoms. The average Bonchev–Trinajstić information content (AvgIpc) is 2.37. The number of esters is 1. The van der Waals surface area contributed by atoms with Gasteiger partial charge in [-0.1, -0.05) is 24.3 Å². The summed E-state index contributed by atoms with van der Waals surface area (Å²) < 4.78 is 10.3. The van der Waals surface area contributed by atoms with Crippen LogP contribution < -0.4 is 5.32 Å². The maximum Gasteiger partial charge on any atom is 0.340 e. The van der Waals surface area contributed by atoms with Crippen LogP contribution in [0.5, 0.6) is 0 Å². The predicted octanol–water partition coefficient (Wildman–Crippen LogP) is 3.80. The molecule has 0 saturated carbocycles. The van der Waals surface area contributed by atoms with Crippen molar-refractivity contribution in [2.24, 2.45) is 0 Å². The Kier molecular flexibility index (Phi) is 6.48. The molecule has 1 N–H and O–H groups in total. The summed E-state index contributed by atoms with van der Waals surface area (Å²) in [4.78, 5) is 11.8. The molecule has 0 heterocycles. The van der Waals surface area contributed by atoms with Gasteiger partial charge in [-0.3, -0.25) is 0 Å². The Hall–Kier alpha value is -1.59. The second kappa shape index (κ2) is 7.87. The summed E-state index contributed by atoms with van der Waals surface area (Å²) in [5, 5.41) is 3.41. The van der Waals surface area contributed by atoms with E-state index in [0.717, 1.165) is 0 Å². The third-order valence-electron chi connectivity index (χ3n) is 2.11. The number of anilines is 1. The molecule has 0 radical (unpaired) electrons. The molecule has 0 spiro atoms. The van der Waals surface area contributed by atoms with Gasteiger partial charge in [0.2, 0.25) is 0 Å². The van der Waals surface area contributed by atoms with Crippen LogP contribution in [0.25, 0.3) is 0 Å². The van der Waals surface area contributed by atoms with Gasteiger partial charge in [-0.2, -0.15) is 0 Å². The van der Waals surface area contributed by atoms with Gasteiger partial charge in [-0.25, -0.2) is 4.79 Å². The summed E-state index contributed by atoms with van der Waals surface area (Å²) in [7, 11) is 0. The van der Waals surface area contributed by atoms with Crippen LogP contribution in [0.15, 0.2) is 30.9 Å². The molecule has 0 aliphatic carbocycles. The molecular formula is C14H16ClNO3S. The molecule has 4 nitrogen and oxygen atoms in total. The van der Waals surface area contributed by atoms with Crippen molar-refractivity contribution in [1.29, 1.82) is 0 Å². The number of hydrogen-bond acceptors (Lipinski definition) is 4. The standard InChI is InChI=1S/C14H16ClNO3S/c1-4-7-18-13(17)11-8-10(5-6-12(11)15)16-14(20)19-9(2)3/h4-6,8-9H,1,7H2,2-3H3,(H,16,20). The topological polar surface area (TPSA) is 47.6 Å². The molecule has 0 aliphatic rings. The summed E-state index contributed by atoms with van der Waals surface area (Å²) >= 11 is 11.0. The Morgan fingerprint density at radius 1 is 1.55 bits per heavy atom. The molecule has 0 fully saturated rings. The highest BCUT2D eigenvalue weighted by atomic mass is 35.5. The first-order chi connectivity index (χ1) is 9.43. The highest BCUT2D eigenvalue weighted by Gasteiger charge is 2.13. The van der Waals surface area contributed by atoms with Crippen LogP contribution in [0, 0.1) is 0 Å². The molecule has 0 atom stereocenters. The van der Waals surface area contributed by atoms with Crippen molar-refractivity contribution >= 4 is 40.7 Å². The number of ether oxygens (including phenoxy) is 2. The third-order valence-corrected chi connectivity index (χ3v) is 2.64. The van der Waals surface area contributed by atoms with Gasteiger partial charge >= 0.3 is 5.97 Å². The van der Waals surface area contributed by atoms with Crippen molar-refractivity contribution in [3.8, 4) is 0 Å². The number of carbonyl (C=O) groups excluding carboxylic acids is 1. The number of benzene rings is 1. The smallest absolute Gasteiger partial charge is 0.340 e. The number of hydrogen-bond donors (Lipinski definition) is 1. The molecule has 108 valence electrons. The minimum absolute atomic E-state index is 0.0284. The van der Waals surface area contributed by atoms with Crippen LogP contribution >= 0.6 is 23.8 Å². The summed E-state index contributed by atoms with van der Waals surface area (Å²) in [5.74, 6) is -0.519. The van der Waals surface area contributed by atoms with Crippen molar-refractivity contribution < 1.29 is 14.3 Å². The normalized spacial score (nSPS) is 10.0. The van der Waals surface area contributed by atoms with E-state index in [4.69, 9.17) is 33.3 Å². The molecule has 0 aromatic heterocycles. The first-order valence-corrected chi connectivity index (χ1v) is 6.78. The fraction of sp³-hybridized carbons (Fsp3) is 0.286. The van der Waals surface area contributed by atoms with Gasteiger partial charge in [0.25, 0.3) is 5.17 Å². The Morgan fingerprint density at radius 2 is 2.25 bits per heavy atom. The van der Waals surface area contributed by atoms with E-state index in [1.165, 1.54) is 6.08 Å². The van der Waals surface area contributed by atoms with Crippen molar-refractivity contribution in [2.45, 2.75) is 20.0 Å². The fourth-order valence-corrected chi connectivity index (χ4v) is 1.84. The Morgan fingerprint density at radius 3 is 2.85 bits per heavy atom. The summed E-state index contributed by atoms with van der Waals surface area (Å²) in [6, 6.07) is 4.85. The van der Waals surface area contributed by atoms with Crippen LogP contribution in [-0.4, -0.2) is 23.9 Å². The van der Waals surface area contributed by atoms with Crippen LogP contribution in [0.1, 0.15) is 24.2 Å². The number of halogens is 1. The van der Waals surface area contributed by atoms with Crippen LogP contribution in [0.3, 0.4) is 0 Å². The minimum atomic E-state index is -0.519. The Bertz CT molecular complexity index is 517. The van der Waals surface area contributed by atoms with Crippen molar-refractivity contribution in [3.63, 3.8) is 0 Å². The molecule has 0 saturated heterocycles. The lowest BCUT2D eigenvalue weighted by atomic mass is 10.2. The minimum Gasteiger partial charge on any atom is -0.468 e. The van der Waals surface area contributed by atoms with E-state index in [1.807, 2.05) is 13.8 Å². The van der Waals surface area contributed by atoms with E-state index in [2.05, 4.69) is 11.9 Å². The van der Waals surface area contributed by atoms with Crippen LogP contribution in [0.2, 0.25) is 5.02 Å². The highest BCUT2D eigenvalue weighted by molar-refractivity contribution is 7.80. The van der Waals surface area contributed by atoms with Gasteiger partial charge in [-0.15, -0.1) is 0 Å². The zero-order chi connectivity index (χ0) is 15.1. The quantitative estimate of drug-likeness (QED) is 0.509. The molecule has 0 unspecified atom stereocenters. The van der Waals surface area contributed by atoms with Crippen molar-refractivity contribution in [3.05, 3.63) is 41.4 Å². The molecular weight excluding hydrogens is 298 g/mol. The summed E-state index contributed by atoms with van der Waals surface area (Å²) in [6.07, 6.45) is 1.46. The zero-order valence-electron chi connectivity index (χ0n) is 11.3. The molecule has 20 heavy (non-hydrogen) atoms. The number of rotatable bonds is 5. The maximum atomic E-state index is 11.8. The van der Waals surface area contributed by atoms with E-state index in [1.54, 1.807) is 18.2 Å². The lowest BCUT2D eigenvalue weighted by Gasteiger charge is -2.13. The lowest BCUT2D eigenvalue weighted by Crippen LogP contribution is -2.18. The SMILES string of the molecule is C=CCOC(=O)c1cc(NC(=S)OC(C)C)ccc1Cl. The largest absolute Gasteiger partial charge is 0.468 e. The van der Waals surface area contributed by atoms with Gasteiger partial charge in [0, 0.05) is 5.69 Å². The average molecular weight is 314 g/mol. The number of carbonyl (C=O) groups is 1. The van der Waals surface area contributed by atoms with Gasteiger partial charge < -0.3 is 14.8 Å². The number of nitrogens with one attached hydrogen (secondary N) is 1. The van der Waals surface area contributed by atoms with Gasteiger partial charge in [0.1, 0.15) is 6.61 Å². The predicted molar refractivity (Wildman–Crippen MR) is 84.4 cm³/mol. The highest BCUT2D eigenvalue weighted by Crippen LogP contribution is 2.21. The summed E-state index contributed by atoms with van der Waals surface area (Å²) in [5.41, 5.74) is 0.858.